The van der Waals surface area contributed by atoms with E-state index >= 15 is 0 Å². The van der Waals surface area contributed by atoms with Crippen LogP contribution in [0.1, 0.15) is 33.0 Å². The minimum atomic E-state index is -0.559. The molecule has 0 saturated heterocycles. The monoisotopic (exact) mass is 255 g/mol. The Labute approximate surface area is 105 Å². The number of nitrogens with zero attached hydrogens (tertiary/aromatic N) is 3. The maximum absolute atomic E-state index is 11.5. The first kappa shape index (κ1) is 14.1. The molecule has 0 bridgehead atoms. The smallest absolute Gasteiger partial charge is 0.381 e. The van der Waals surface area contributed by atoms with Gasteiger partial charge in [-0.1, -0.05) is 0 Å². The summed E-state index contributed by atoms with van der Waals surface area (Å²) in [6.07, 6.45) is 1.48. The van der Waals surface area contributed by atoms with Crippen LogP contribution >= 0.6 is 0 Å². The van der Waals surface area contributed by atoms with Gasteiger partial charge in [0.2, 0.25) is 5.82 Å². The molecule has 0 amide bonds. The zero-order valence-corrected chi connectivity index (χ0v) is 11.0. The molecule has 1 aromatic heterocycles. The van der Waals surface area contributed by atoms with Crippen molar-refractivity contribution in [2.75, 3.05) is 0 Å². The fourth-order valence-electron chi connectivity index (χ4n) is 1.41. The number of imidazole rings is 1. The van der Waals surface area contributed by atoms with Crippen molar-refractivity contribution in [1.29, 1.82) is 0 Å². The van der Waals surface area contributed by atoms with Gasteiger partial charge in [0.05, 0.1) is 6.42 Å². The van der Waals surface area contributed by atoms with Crippen LogP contribution in [0.3, 0.4) is 0 Å². The maximum atomic E-state index is 11.5. The zero-order chi connectivity index (χ0) is 13.9. The highest BCUT2D eigenvalue weighted by Crippen LogP contribution is 2.12. The van der Waals surface area contributed by atoms with Crippen molar-refractivity contribution >= 4 is 11.8 Å². The third-order valence-corrected chi connectivity index (χ3v) is 2.13. The van der Waals surface area contributed by atoms with E-state index < -0.39 is 10.5 Å². The molecule has 0 aliphatic carbocycles. The molecule has 0 unspecified atom stereocenters. The minimum Gasteiger partial charge on any atom is -0.460 e. The summed E-state index contributed by atoms with van der Waals surface area (Å²) in [5.74, 6) is -0.0415. The summed E-state index contributed by atoms with van der Waals surface area (Å²) in [4.78, 5) is 25.2. The number of carbonyl (C=O) groups excluding carboxylic acids is 1. The molecule has 0 aliphatic heterocycles. The van der Waals surface area contributed by atoms with E-state index in [0.29, 0.717) is 12.4 Å². The van der Waals surface area contributed by atoms with E-state index in [1.54, 1.807) is 32.3 Å². The topological polar surface area (TPSA) is 87.3 Å². The largest absolute Gasteiger partial charge is 0.460 e. The Morgan fingerprint density at radius 3 is 2.61 bits per heavy atom. The van der Waals surface area contributed by atoms with Crippen LogP contribution in [-0.4, -0.2) is 26.0 Å². The number of rotatable bonds is 4. The average Bonchev–Trinajstić information content (AvgIpc) is 2.54. The lowest BCUT2D eigenvalue weighted by molar-refractivity contribution is -0.389. The summed E-state index contributed by atoms with van der Waals surface area (Å²) in [5.41, 5.74) is -0.521. The number of ether oxygens (including phenoxy) is 1. The molecule has 1 rings (SSSR count). The highest BCUT2D eigenvalue weighted by Gasteiger charge is 2.18. The van der Waals surface area contributed by atoms with Gasteiger partial charge in [-0.15, -0.1) is 0 Å². The van der Waals surface area contributed by atoms with Crippen LogP contribution in [-0.2, 0) is 16.1 Å². The second kappa shape index (κ2) is 5.16. The van der Waals surface area contributed by atoms with Crippen LogP contribution in [0, 0.1) is 17.0 Å². The first-order valence-electron chi connectivity index (χ1n) is 5.59. The number of carbonyl (C=O) groups is 1. The number of hydrogen-bond acceptors (Lipinski definition) is 5. The minimum absolute atomic E-state index is 0.158. The molecule has 0 aliphatic rings. The quantitative estimate of drug-likeness (QED) is 0.465. The van der Waals surface area contributed by atoms with E-state index in [9.17, 15) is 14.9 Å². The van der Waals surface area contributed by atoms with E-state index in [2.05, 4.69) is 4.98 Å². The molecule has 0 fully saturated rings. The molecule has 0 saturated carbocycles. The lowest BCUT2D eigenvalue weighted by atomic mass is 10.2. The fraction of sp³-hybridized carbons (Fsp3) is 0.636. The van der Waals surface area contributed by atoms with Crippen LogP contribution < -0.4 is 0 Å². The van der Waals surface area contributed by atoms with E-state index in [-0.39, 0.29) is 18.2 Å². The van der Waals surface area contributed by atoms with Gasteiger partial charge < -0.3 is 19.4 Å². The number of aromatic nitrogens is 2. The molecule has 1 heterocycles. The summed E-state index contributed by atoms with van der Waals surface area (Å²) in [7, 11) is 0. The number of nitro groups is 1. The van der Waals surface area contributed by atoms with Crippen LogP contribution in [0.25, 0.3) is 0 Å². The fourth-order valence-corrected chi connectivity index (χ4v) is 1.41. The summed E-state index contributed by atoms with van der Waals surface area (Å²) in [6.45, 7) is 7.35. The molecule has 7 nitrogen and oxygen atoms in total. The van der Waals surface area contributed by atoms with E-state index in [1.165, 1.54) is 6.20 Å². The predicted octanol–water partition coefficient (Wildman–Crippen LogP) is 1.83. The molecule has 0 atom stereocenters. The average molecular weight is 255 g/mol. The summed E-state index contributed by atoms with van der Waals surface area (Å²) < 4.78 is 6.72. The molecule has 18 heavy (non-hydrogen) atoms. The Morgan fingerprint density at radius 1 is 1.56 bits per heavy atom. The summed E-state index contributed by atoms with van der Waals surface area (Å²) >= 11 is 0. The Morgan fingerprint density at radius 2 is 2.17 bits per heavy atom. The van der Waals surface area contributed by atoms with Crippen molar-refractivity contribution in [1.82, 2.24) is 9.55 Å². The third kappa shape index (κ3) is 4.15. The van der Waals surface area contributed by atoms with E-state index in [4.69, 9.17) is 4.74 Å². The zero-order valence-electron chi connectivity index (χ0n) is 11.0. The summed E-state index contributed by atoms with van der Waals surface area (Å²) in [6, 6.07) is 0. The van der Waals surface area contributed by atoms with E-state index in [1.807, 2.05) is 0 Å². The van der Waals surface area contributed by atoms with Gasteiger partial charge >= 0.3 is 11.8 Å². The Kier molecular flexibility index (Phi) is 4.05. The molecule has 0 aromatic carbocycles. The number of aryl methyl sites for hydroxylation is 2. The van der Waals surface area contributed by atoms with Gasteiger partial charge in [-0.2, -0.15) is 0 Å². The Hall–Kier alpha value is -1.92. The molecule has 7 heteroatoms. The van der Waals surface area contributed by atoms with Crippen LogP contribution in [0.15, 0.2) is 6.20 Å². The lowest BCUT2D eigenvalue weighted by Gasteiger charge is -2.19. The third-order valence-electron chi connectivity index (χ3n) is 2.13. The van der Waals surface area contributed by atoms with Crippen LogP contribution in [0.2, 0.25) is 0 Å². The molecule has 0 N–H and O–H groups in total. The molecule has 0 spiro atoms. The van der Waals surface area contributed by atoms with Crippen molar-refractivity contribution in [3.05, 3.63) is 22.1 Å². The van der Waals surface area contributed by atoms with Gasteiger partial charge in [-0.3, -0.25) is 4.79 Å². The first-order chi connectivity index (χ1) is 8.19. The Balaban J connectivity index is 2.59. The van der Waals surface area contributed by atoms with Gasteiger partial charge in [0.1, 0.15) is 11.8 Å². The SMILES string of the molecule is Cc1nc([N+](=O)[O-])cn1CCC(=O)OC(C)(C)C. The Bertz CT molecular complexity index is 459. The van der Waals surface area contributed by atoms with Crippen LogP contribution in [0.4, 0.5) is 5.82 Å². The van der Waals surface area contributed by atoms with Crippen molar-refractivity contribution in [2.45, 2.75) is 46.3 Å². The van der Waals surface area contributed by atoms with Crippen molar-refractivity contribution in [2.24, 2.45) is 0 Å². The molecular formula is C11H17N3O4. The highest BCUT2D eigenvalue weighted by atomic mass is 16.6. The normalized spacial score (nSPS) is 11.3. The van der Waals surface area contributed by atoms with Crippen LogP contribution in [0.5, 0.6) is 0 Å². The molecule has 100 valence electrons. The second-order valence-corrected chi connectivity index (χ2v) is 4.93. The molecule has 1 aromatic rings. The van der Waals surface area contributed by atoms with E-state index in [0.717, 1.165) is 0 Å². The van der Waals surface area contributed by atoms with Gasteiger partial charge in [-0.25, -0.2) is 0 Å². The second-order valence-electron chi connectivity index (χ2n) is 4.93. The maximum Gasteiger partial charge on any atom is 0.381 e. The first-order valence-corrected chi connectivity index (χ1v) is 5.59. The standard InChI is InChI=1S/C11H17N3O4/c1-8-12-9(14(16)17)7-13(8)6-5-10(15)18-11(2,3)4/h7H,5-6H2,1-4H3. The number of hydrogen-bond donors (Lipinski definition) is 0. The molecule has 0 radical (unpaired) electrons. The number of esters is 1. The van der Waals surface area contributed by atoms with Crippen molar-refractivity contribution in [3.8, 4) is 0 Å². The highest BCUT2D eigenvalue weighted by molar-refractivity contribution is 5.69. The summed E-state index contributed by atoms with van der Waals surface area (Å²) in [5, 5.41) is 10.5. The van der Waals surface area contributed by atoms with Gasteiger partial charge in [0.15, 0.2) is 0 Å². The molecular weight excluding hydrogens is 238 g/mol. The van der Waals surface area contributed by atoms with Crippen molar-refractivity contribution < 1.29 is 14.5 Å². The van der Waals surface area contributed by atoms with Crippen molar-refractivity contribution in [3.63, 3.8) is 0 Å². The van der Waals surface area contributed by atoms with Gasteiger partial charge in [0.25, 0.3) is 0 Å². The lowest BCUT2D eigenvalue weighted by Crippen LogP contribution is -2.24. The van der Waals surface area contributed by atoms with Gasteiger partial charge in [0, 0.05) is 13.5 Å². The predicted molar refractivity (Wildman–Crippen MR) is 64.1 cm³/mol. The van der Waals surface area contributed by atoms with Gasteiger partial charge in [-0.05, 0) is 30.7 Å².